The van der Waals surface area contributed by atoms with Gasteiger partial charge in [0, 0.05) is 24.4 Å². The topological polar surface area (TPSA) is 94.4 Å². The summed E-state index contributed by atoms with van der Waals surface area (Å²) in [6, 6.07) is 3.86. The summed E-state index contributed by atoms with van der Waals surface area (Å²) in [4.78, 5) is 24.3. The lowest BCUT2D eigenvalue weighted by molar-refractivity contribution is -0.137. The van der Waals surface area contributed by atoms with Crippen molar-refractivity contribution in [3.63, 3.8) is 0 Å². The Bertz CT molecular complexity index is 863. The molecule has 2 aromatic rings. The lowest BCUT2D eigenvalue weighted by atomic mass is 9.81. The molecule has 0 amide bonds. The summed E-state index contributed by atoms with van der Waals surface area (Å²) in [6.45, 7) is 0.639. The predicted octanol–water partition coefficient (Wildman–Crippen LogP) is 4.20. The van der Waals surface area contributed by atoms with Crippen LogP contribution in [-0.2, 0) is 4.79 Å². The van der Waals surface area contributed by atoms with Crippen LogP contribution in [0.25, 0.3) is 0 Å². The summed E-state index contributed by atoms with van der Waals surface area (Å²) in [7, 11) is 1.61. The maximum Gasteiger partial charge on any atom is 0.303 e. The molecule has 2 aliphatic carbocycles. The summed E-state index contributed by atoms with van der Waals surface area (Å²) < 4.78 is 11.2. The highest BCUT2D eigenvalue weighted by molar-refractivity contribution is 5.68. The standard InChI is InChI=1S/C23H29N3O4/c1-29-22-13-24-12-20(26-22)17-4-2-15(3-5-17)14-30-21-10-18(8-9-25-21)19(11-23(27)28)16-6-7-16/h8-10,12-13,15-17,19H,2-7,11,14H2,1H3,(H,27,28). The molecule has 4 rings (SSSR count). The van der Waals surface area contributed by atoms with Crippen LogP contribution in [0, 0.1) is 11.8 Å². The van der Waals surface area contributed by atoms with Gasteiger partial charge in [0.1, 0.15) is 0 Å². The van der Waals surface area contributed by atoms with Gasteiger partial charge in [0.15, 0.2) is 0 Å². The number of ether oxygens (including phenoxy) is 2. The maximum atomic E-state index is 11.2. The average molecular weight is 412 g/mol. The first kappa shape index (κ1) is 20.6. The minimum atomic E-state index is -0.747. The molecule has 1 N–H and O–H groups in total. The van der Waals surface area contributed by atoms with E-state index >= 15 is 0 Å². The van der Waals surface area contributed by atoms with Crippen LogP contribution in [0.3, 0.4) is 0 Å². The zero-order chi connectivity index (χ0) is 20.9. The number of hydrogen-bond donors (Lipinski definition) is 1. The molecule has 0 aromatic carbocycles. The molecule has 0 radical (unpaired) electrons. The van der Waals surface area contributed by atoms with Gasteiger partial charge in [-0.25, -0.2) is 9.97 Å². The van der Waals surface area contributed by atoms with Crippen molar-refractivity contribution in [2.45, 2.75) is 56.8 Å². The highest BCUT2D eigenvalue weighted by Gasteiger charge is 2.34. The number of nitrogens with zero attached hydrogens (tertiary/aromatic N) is 3. The van der Waals surface area contributed by atoms with Crippen LogP contribution >= 0.6 is 0 Å². The highest BCUT2D eigenvalue weighted by Crippen LogP contribution is 2.45. The van der Waals surface area contributed by atoms with Crippen molar-refractivity contribution < 1.29 is 19.4 Å². The Kier molecular flexibility index (Phi) is 6.45. The smallest absolute Gasteiger partial charge is 0.303 e. The maximum absolute atomic E-state index is 11.2. The Morgan fingerprint density at radius 2 is 1.97 bits per heavy atom. The molecule has 2 aromatic heterocycles. The lowest BCUT2D eigenvalue weighted by Crippen LogP contribution is -2.20. The highest BCUT2D eigenvalue weighted by atomic mass is 16.5. The molecule has 2 saturated carbocycles. The fourth-order valence-electron chi connectivity index (χ4n) is 4.46. The molecule has 30 heavy (non-hydrogen) atoms. The molecular weight excluding hydrogens is 382 g/mol. The van der Waals surface area contributed by atoms with Crippen molar-refractivity contribution in [3.05, 3.63) is 42.0 Å². The quantitative estimate of drug-likeness (QED) is 0.661. The third-order valence-corrected chi connectivity index (χ3v) is 6.34. The van der Waals surface area contributed by atoms with Crippen LogP contribution in [0.15, 0.2) is 30.7 Å². The van der Waals surface area contributed by atoms with Gasteiger partial charge in [-0.1, -0.05) is 0 Å². The monoisotopic (exact) mass is 411 g/mol. The minimum Gasteiger partial charge on any atom is -0.481 e. The van der Waals surface area contributed by atoms with Crippen LogP contribution in [0.4, 0.5) is 0 Å². The number of rotatable bonds is 9. The van der Waals surface area contributed by atoms with Gasteiger partial charge >= 0.3 is 5.97 Å². The van der Waals surface area contributed by atoms with Gasteiger partial charge in [0.2, 0.25) is 11.8 Å². The largest absolute Gasteiger partial charge is 0.481 e. The lowest BCUT2D eigenvalue weighted by Gasteiger charge is -2.28. The van der Waals surface area contributed by atoms with Gasteiger partial charge in [-0.3, -0.25) is 9.78 Å². The van der Waals surface area contributed by atoms with Gasteiger partial charge in [0.25, 0.3) is 0 Å². The first-order valence-electron chi connectivity index (χ1n) is 10.8. The van der Waals surface area contributed by atoms with Crippen LogP contribution < -0.4 is 9.47 Å². The Labute approximate surface area is 176 Å². The van der Waals surface area contributed by atoms with Crippen molar-refractivity contribution in [2.75, 3.05) is 13.7 Å². The van der Waals surface area contributed by atoms with E-state index in [1.54, 1.807) is 19.5 Å². The van der Waals surface area contributed by atoms with Crippen molar-refractivity contribution in [3.8, 4) is 11.8 Å². The number of aliphatic carboxylic acids is 1. The summed E-state index contributed by atoms with van der Waals surface area (Å²) in [5.74, 6) is 1.87. The molecule has 0 bridgehead atoms. The van der Waals surface area contributed by atoms with Gasteiger partial charge in [-0.15, -0.1) is 0 Å². The molecule has 0 spiro atoms. The van der Waals surface area contributed by atoms with E-state index in [-0.39, 0.29) is 12.3 Å². The van der Waals surface area contributed by atoms with E-state index in [4.69, 9.17) is 9.47 Å². The van der Waals surface area contributed by atoms with Crippen molar-refractivity contribution in [1.29, 1.82) is 0 Å². The van der Waals surface area contributed by atoms with Crippen LogP contribution in [0.5, 0.6) is 11.8 Å². The second kappa shape index (κ2) is 9.41. The normalized spacial score (nSPS) is 22.3. The van der Waals surface area contributed by atoms with E-state index < -0.39 is 5.97 Å². The van der Waals surface area contributed by atoms with Crippen LogP contribution in [0.2, 0.25) is 0 Å². The number of methoxy groups -OCH3 is 1. The van der Waals surface area contributed by atoms with Crippen molar-refractivity contribution in [1.82, 2.24) is 15.0 Å². The molecule has 2 heterocycles. The first-order valence-corrected chi connectivity index (χ1v) is 10.8. The van der Waals surface area contributed by atoms with E-state index in [0.717, 1.165) is 49.8 Å². The summed E-state index contributed by atoms with van der Waals surface area (Å²) in [5.41, 5.74) is 2.04. The number of aromatic nitrogens is 3. The fraction of sp³-hybridized carbons (Fsp3) is 0.565. The molecule has 7 heteroatoms. The van der Waals surface area contributed by atoms with Crippen molar-refractivity contribution >= 4 is 5.97 Å². The average Bonchev–Trinajstić information content (AvgIpc) is 3.62. The van der Waals surface area contributed by atoms with Crippen molar-refractivity contribution in [2.24, 2.45) is 11.8 Å². The van der Waals surface area contributed by atoms with E-state index in [0.29, 0.717) is 36.1 Å². The van der Waals surface area contributed by atoms with E-state index in [9.17, 15) is 9.90 Å². The third kappa shape index (κ3) is 5.26. The summed E-state index contributed by atoms with van der Waals surface area (Å²) in [6.07, 6.45) is 11.9. The van der Waals surface area contributed by atoms with Gasteiger partial charge in [-0.2, -0.15) is 0 Å². The van der Waals surface area contributed by atoms with Gasteiger partial charge < -0.3 is 14.6 Å². The Morgan fingerprint density at radius 3 is 2.67 bits per heavy atom. The van der Waals surface area contributed by atoms with Crippen LogP contribution in [-0.4, -0.2) is 39.7 Å². The SMILES string of the molecule is COc1cncc(C2CCC(COc3cc(C(CC(=O)O)C4CC4)ccn3)CC2)n1. The molecule has 2 fully saturated rings. The van der Waals surface area contributed by atoms with E-state index in [1.807, 2.05) is 18.3 Å². The number of carbonyl (C=O) groups is 1. The summed E-state index contributed by atoms with van der Waals surface area (Å²) in [5, 5.41) is 9.24. The molecule has 0 aliphatic heterocycles. The number of pyridine rings is 1. The molecule has 1 atom stereocenters. The molecule has 0 saturated heterocycles. The molecule has 2 aliphatic rings. The molecular formula is C23H29N3O4. The molecule has 160 valence electrons. The van der Waals surface area contributed by atoms with E-state index in [1.165, 1.54) is 0 Å². The second-order valence-electron chi connectivity index (χ2n) is 8.48. The Balaban J connectivity index is 1.30. The van der Waals surface area contributed by atoms with Gasteiger partial charge in [0.05, 0.1) is 32.0 Å². The van der Waals surface area contributed by atoms with Crippen LogP contribution in [0.1, 0.15) is 68.0 Å². The van der Waals surface area contributed by atoms with E-state index in [2.05, 4.69) is 15.0 Å². The first-order chi connectivity index (χ1) is 14.6. The fourth-order valence-corrected chi connectivity index (χ4v) is 4.46. The number of carboxylic acids is 1. The Hall–Kier alpha value is -2.70. The number of carboxylic acid groups (broad SMARTS) is 1. The number of hydrogen-bond acceptors (Lipinski definition) is 6. The third-order valence-electron chi connectivity index (χ3n) is 6.34. The summed E-state index contributed by atoms with van der Waals surface area (Å²) >= 11 is 0. The van der Waals surface area contributed by atoms with Gasteiger partial charge in [-0.05, 0) is 67.9 Å². The zero-order valence-electron chi connectivity index (χ0n) is 17.4. The molecule has 7 nitrogen and oxygen atoms in total. The minimum absolute atomic E-state index is 0.0623. The zero-order valence-corrected chi connectivity index (χ0v) is 17.4. The Morgan fingerprint density at radius 1 is 1.17 bits per heavy atom. The molecule has 1 unspecified atom stereocenters. The predicted molar refractivity (Wildman–Crippen MR) is 111 cm³/mol. The second-order valence-corrected chi connectivity index (χ2v) is 8.48.